The van der Waals surface area contributed by atoms with E-state index >= 15 is 0 Å². The predicted molar refractivity (Wildman–Crippen MR) is 69.6 cm³/mol. The summed E-state index contributed by atoms with van der Waals surface area (Å²) in [4.78, 5) is 0. The summed E-state index contributed by atoms with van der Waals surface area (Å²) in [5.41, 5.74) is 4.17. The van der Waals surface area contributed by atoms with Gasteiger partial charge in [0.2, 0.25) is 0 Å². The first kappa shape index (κ1) is 12.4. The van der Waals surface area contributed by atoms with Crippen LogP contribution in [0.1, 0.15) is 44.2 Å². The van der Waals surface area contributed by atoms with Crippen LogP contribution in [0.25, 0.3) is 0 Å². The lowest BCUT2D eigenvalue weighted by Crippen LogP contribution is -2.29. The van der Waals surface area contributed by atoms with Gasteiger partial charge in [-0.1, -0.05) is 25.5 Å². The number of rotatable bonds is 7. The minimum atomic E-state index is 0.305. The smallest absolute Gasteiger partial charge is 0.119 e. The molecule has 0 aliphatic heterocycles. The molecule has 1 fully saturated rings. The van der Waals surface area contributed by atoms with Gasteiger partial charge in [-0.3, -0.25) is 11.3 Å². The number of nitrogens with two attached hydrogens (primary N) is 1. The zero-order valence-electron chi connectivity index (χ0n) is 10.5. The van der Waals surface area contributed by atoms with Gasteiger partial charge in [-0.25, -0.2) is 0 Å². The van der Waals surface area contributed by atoms with Crippen molar-refractivity contribution in [2.24, 2.45) is 11.8 Å². The lowest BCUT2D eigenvalue weighted by atomic mass is 10.0. The van der Waals surface area contributed by atoms with Crippen molar-refractivity contribution < 1.29 is 4.74 Å². The van der Waals surface area contributed by atoms with Gasteiger partial charge in [0.1, 0.15) is 5.75 Å². The molecule has 1 aliphatic carbocycles. The first-order valence-electron chi connectivity index (χ1n) is 6.54. The third-order valence-corrected chi connectivity index (χ3v) is 3.28. The molecule has 0 radical (unpaired) electrons. The third kappa shape index (κ3) is 3.45. The Morgan fingerprint density at radius 3 is 2.59 bits per heavy atom. The highest BCUT2D eigenvalue weighted by Gasteiger charge is 2.31. The van der Waals surface area contributed by atoms with Crippen LogP contribution < -0.4 is 16.0 Å². The van der Waals surface area contributed by atoms with E-state index < -0.39 is 0 Å². The van der Waals surface area contributed by atoms with Gasteiger partial charge in [0.15, 0.2) is 0 Å². The van der Waals surface area contributed by atoms with E-state index in [4.69, 9.17) is 10.6 Å². The minimum Gasteiger partial charge on any atom is -0.494 e. The van der Waals surface area contributed by atoms with E-state index in [-0.39, 0.29) is 0 Å². The molecule has 17 heavy (non-hydrogen) atoms. The molecular weight excluding hydrogens is 212 g/mol. The van der Waals surface area contributed by atoms with Crippen molar-refractivity contribution in [3.05, 3.63) is 29.8 Å². The van der Waals surface area contributed by atoms with Crippen molar-refractivity contribution in [1.29, 1.82) is 0 Å². The fourth-order valence-corrected chi connectivity index (χ4v) is 2.04. The maximum absolute atomic E-state index is 5.64. The highest BCUT2D eigenvalue weighted by atomic mass is 16.5. The molecule has 2 rings (SSSR count). The molecule has 1 aliphatic rings. The maximum Gasteiger partial charge on any atom is 0.119 e. The van der Waals surface area contributed by atoms with E-state index in [0.29, 0.717) is 12.0 Å². The summed E-state index contributed by atoms with van der Waals surface area (Å²) < 4.78 is 5.64. The van der Waals surface area contributed by atoms with Crippen LogP contribution in [0.15, 0.2) is 24.3 Å². The van der Waals surface area contributed by atoms with Crippen LogP contribution in [0, 0.1) is 5.92 Å². The molecule has 3 N–H and O–H groups in total. The number of hydrogen-bond acceptors (Lipinski definition) is 3. The van der Waals surface area contributed by atoms with E-state index in [9.17, 15) is 0 Å². The highest BCUT2D eigenvalue weighted by molar-refractivity contribution is 5.30. The Bertz CT molecular complexity index is 333. The Morgan fingerprint density at radius 1 is 1.35 bits per heavy atom. The van der Waals surface area contributed by atoms with Crippen molar-refractivity contribution in [2.75, 3.05) is 6.61 Å². The van der Waals surface area contributed by atoms with Crippen LogP contribution >= 0.6 is 0 Å². The SMILES string of the molecule is CCCCOc1ccc(C(NN)C2CC2)cc1. The lowest BCUT2D eigenvalue weighted by molar-refractivity contribution is 0.309. The number of hydrogen-bond donors (Lipinski definition) is 2. The number of benzene rings is 1. The summed E-state index contributed by atoms with van der Waals surface area (Å²) in [6.45, 7) is 2.97. The zero-order valence-corrected chi connectivity index (χ0v) is 10.5. The molecule has 1 aromatic rings. The predicted octanol–water partition coefficient (Wildman–Crippen LogP) is 2.78. The molecule has 1 saturated carbocycles. The monoisotopic (exact) mass is 234 g/mol. The van der Waals surface area contributed by atoms with Crippen LogP contribution in [0.2, 0.25) is 0 Å². The van der Waals surface area contributed by atoms with Gasteiger partial charge in [-0.05, 0) is 42.9 Å². The average Bonchev–Trinajstić information content (AvgIpc) is 3.17. The van der Waals surface area contributed by atoms with Gasteiger partial charge in [0, 0.05) is 6.04 Å². The Kier molecular flexibility index (Phi) is 4.40. The molecule has 94 valence electrons. The second-order valence-corrected chi connectivity index (χ2v) is 4.75. The van der Waals surface area contributed by atoms with E-state index in [1.54, 1.807) is 0 Å². The second-order valence-electron chi connectivity index (χ2n) is 4.75. The molecule has 1 aromatic carbocycles. The lowest BCUT2D eigenvalue weighted by Gasteiger charge is -2.15. The Balaban J connectivity index is 1.92. The van der Waals surface area contributed by atoms with E-state index in [1.807, 2.05) is 12.1 Å². The summed E-state index contributed by atoms with van der Waals surface area (Å²) in [7, 11) is 0. The van der Waals surface area contributed by atoms with Crippen LogP contribution in [-0.4, -0.2) is 6.61 Å². The fourth-order valence-electron chi connectivity index (χ4n) is 2.04. The van der Waals surface area contributed by atoms with E-state index in [1.165, 1.54) is 24.8 Å². The number of hydrazine groups is 1. The Morgan fingerprint density at radius 2 is 2.06 bits per heavy atom. The minimum absolute atomic E-state index is 0.305. The van der Waals surface area contributed by atoms with Gasteiger partial charge in [0.05, 0.1) is 6.61 Å². The van der Waals surface area contributed by atoms with Crippen LogP contribution in [0.3, 0.4) is 0 Å². The van der Waals surface area contributed by atoms with Gasteiger partial charge in [0.25, 0.3) is 0 Å². The van der Waals surface area contributed by atoms with Gasteiger partial charge < -0.3 is 4.74 Å². The van der Waals surface area contributed by atoms with Crippen molar-refractivity contribution in [3.8, 4) is 5.75 Å². The molecule has 0 bridgehead atoms. The van der Waals surface area contributed by atoms with Crippen molar-refractivity contribution in [1.82, 2.24) is 5.43 Å². The fraction of sp³-hybridized carbons (Fsp3) is 0.571. The standard InChI is InChI=1S/C14H22N2O/c1-2-3-10-17-13-8-6-12(7-9-13)14(16-15)11-4-5-11/h6-9,11,14,16H,2-5,10,15H2,1H3. The molecular formula is C14H22N2O. The van der Waals surface area contributed by atoms with Gasteiger partial charge >= 0.3 is 0 Å². The van der Waals surface area contributed by atoms with E-state index in [0.717, 1.165) is 18.8 Å². The van der Waals surface area contributed by atoms with Crippen LogP contribution in [0.4, 0.5) is 0 Å². The highest BCUT2D eigenvalue weighted by Crippen LogP contribution is 2.40. The topological polar surface area (TPSA) is 47.3 Å². The number of ether oxygens (including phenoxy) is 1. The maximum atomic E-state index is 5.64. The Hall–Kier alpha value is -1.06. The van der Waals surface area contributed by atoms with Crippen molar-refractivity contribution in [2.45, 2.75) is 38.6 Å². The summed E-state index contributed by atoms with van der Waals surface area (Å²) in [6, 6.07) is 8.61. The van der Waals surface area contributed by atoms with E-state index in [2.05, 4.69) is 24.5 Å². The van der Waals surface area contributed by atoms with Crippen LogP contribution in [-0.2, 0) is 0 Å². The molecule has 0 amide bonds. The normalized spacial score (nSPS) is 16.8. The molecule has 3 heteroatoms. The molecule has 1 unspecified atom stereocenters. The van der Waals surface area contributed by atoms with Gasteiger partial charge in [-0.2, -0.15) is 0 Å². The largest absolute Gasteiger partial charge is 0.494 e. The summed E-state index contributed by atoms with van der Waals surface area (Å²) in [6.07, 6.45) is 4.84. The molecule has 3 nitrogen and oxygen atoms in total. The molecule has 0 heterocycles. The van der Waals surface area contributed by atoms with Crippen molar-refractivity contribution >= 4 is 0 Å². The molecule has 0 spiro atoms. The number of unbranched alkanes of at least 4 members (excludes halogenated alkanes) is 1. The summed E-state index contributed by atoms with van der Waals surface area (Å²) >= 11 is 0. The number of nitrogens with one attached hydrogen (secondary N) is 1. The molecule has 0 saturated heterocycles. The molecule has 1 atom stereocenters. The summed E-state index contributed by atoms with van der Waals surface area (Å²) in [5.74, 6) is 7.27. The molecule has 0 aromatic heterocycles. The second kappa shape index (κ2) is 6.03. The summed E-state index contributed by atoms with van der Waals surface area (Å²) in [5, 5.41) is 0. The average molecular weight is 234 g/mol. The zero-order chi connectivity index (χ0) is 12.1. The first-order valence-corrected chi connectivity index (χ1v) is 6.54. The Labute approximate surface area is 103 Å². The van der Waals surface area contributed by atoms with Crippen LogP contribution in [0.5, 0.6) is 5.75 Å². The van der Waals surface area contributed by atoms with Crippen molar-refractivity contribution in [3.63, 3.8) is 0 Å². The van der Waals surface area contributed by atoms with Gasteiger partial charge in [-0.15, -0.1) is 0 Å². The quantitative estimate of drug-likeness (QED) is 0.433. The first-order chi connectivity index (χ1) is 8.35. The third-order valence-electron chi connectivity index (χ3n) is 3.28.